The molecule has 6 rings (SSSR count). The number of methoxy groups -OCH3 is 2. The second-order valence-corrected chi connectivity index (χ2v) is 26.9. The van der Waals surface area contributed by atoms with Gasteiger partial charge in [-0.1, -0.05) is 142 Å². The maximum Gasteiger partial charge on any atom is 0.242 e. The molecule has 3 fully saturated rings. The fourth-order valence-electron chi connectivity index (χ4n) is 13.8. The zero-order valence-electron chi connectivity index (χ0n) is 57.8. The van der Waals surface area contributed by atoms with Crippen molar-refractivity contribution in [1.82, 2.24) is 15.5 Å². The van der Waals surface area contributed by atoms with Crippen molar-refractivity contribution in [2.75, 3.05) is 47.1 Å². The summed E-state index contributed by atoms with van der Waals surface area (Å²) in [6.07, 6.45) is 15.2. The first-order valence-electron chi connectivity index (χ1n) is 35.5. The number of nitrogens with one attached hydrogen (secondary N) is 2. The van der Waals surface area contributed by atoms with Crippen molar-refractivity contribution in [3.63, 3.8) is 0 Å². The quantitative estimate of drug-likeness (QED) is 0.0358. The van der Waals surface area contributed by atoms with E-state index in [9.17, 15) is 29.1 Å². The van der Waals surface area contributed by atoms with Gasteiger partial charge in [-0.25, -0.2) is 0 Å². The van der Waals surface area contributed by atoms with E-state index in [1.54, 1.807) is 19.1 Å². The number of carbonyl (C=O) groups excluding carboxylic acids is 5. The average molecular weight is 1280 g/mol. The fourth-order valence-corrected chi connectivity index (χ4v) is 13.8. The van der Waals surface area contributed by atoms with Crippen LogP contribution in [0.15, 0.2) is 78.9 Å². The van der Waals surface area contributed by atoms with E-state index in [1.165, 1.54) is 0 Å². The maximum atomic E-state index is 13.8. The monoisotopic (exact) mass is 1280 g/mol. The first kappa shape index (κ1) is 75.8. The molecule has 3 aromatic rings. The van der Waals surface area contributed by atoms with Gasteiger partial charge in [0.15, 0.2) is 12.6 Å². The predicted octanol–water partition coefficient (Wildman–Crippen LogP) is 14.0. The topological polar surface area (TPSA) is 197 Å². The summed E-state index contributed by atoms with van der Waals surface area (Å²) in [5.74, 6) is 4.12. The molecular weight excluding hydrogens is 1160 g/mol. The van der Waals surface area contributed by atoms with Crippen LogP contribution in [0.25, 0.3) is 0 Å². The number of aliphatic hydroxyl groups excluding tert-OH is 1. The number of rotatable bonds is 43. The standard InChI is InChI=1S/C76H117N3O13/c1-11-69-55(5)53(3)57(7)74(91-69)88-48-28-25-35-64(81)33-21-16-23-36-68(78-71(83)37-26-29-49-89-75-58(8)54(4)56(6)70(12-2)92-75)73(85)77-47-27-17-22-34-63(80)32-20-13-14-24-38-72(84)79-51-65(82)50-62(79)52-90-76(59-30-18-15-19-31-59,60-39-43-66(86-9)44-40-60)61-41-45-67(87-10)46-42-61/h15,18-19,30-31,39-46,53-58,62,65,68-70,74-75,82H,11-14,16-17,20-29,32-38,47-52H2,1-10H3,(H,77,85)(H,78,83)/t53?,54?,55?,56?,57?,58?,62-,65+,68-,69?,70?,74?,75?/m0/s1. The number of aliphatic hydroxyl groups is 1. The predicted molar refractivity (Wildman–Crippen MR) is 361 cm³/mol. The minimum Gasteiger partial charge on any atom is -0.497 e. The van der Waals surface area contributed by atoms with Crippen molar-refractivity contribution in [3.05, 3.63) is 95.6 Å². The lowest BCUT2D eigenvalue weighted by Crippen LogP contribution is -2.47. The molecule has 514 valence electrons. The minimum atomic E-state index is -1.05. The molecule has 3 heterocycles. The van der Waals surface area contributed by atoms with Crippen LogP contribution in [0.5, 0.6) is 11.5 Å². The van der Waals surface area contributed by atoms with Crippen molar-refractivity contribution >= 4 is 29.3 Å². The summed E-state index contributed by atoms with van der Waals surface area (Å²) in [6, 6.07) is 24.7. The van der Waals surface area contributed by atoms with Gasteiger partial charge in [0.1, 0.15) is 34.7 Å². The number of unbranched alkanes of at least 4 members (excludes halogenated alkanes) is 9. The highest BCUT2D eigenvalue weighted by Crippen LogP contribution is 2.43. The number of amides is 3. The molecule has 0 spiro atoms. The summed E-state index contributed by atoms with van der Waals surface area (Å²) in [5.41, 5.74) is 1.65. The molecule has 3 N–H and O–H groups in total. The first-order valence-corrected chi connectivity index (χ1v) is 35.5. The Morgan fingerprint density at radius 1 is 0.554 bits per heavy atom. The average Bonchev–Trinajstić information content (AvgIpc) is 0.893. The van der Waals surface area contributed by atoms with E-state index in [1.807, 2.05) is 78.9 Å². The highest BCUT2D eigenvalue weighted by molar-refractivity contribution is 5.87. The highest BCUT2D eigenvalue weighted by atomic mass is 16.7. The number of hydrogen-bond acceptors (Lipinski definition) is 13. The number of benzene rings is 3. The van der Waals surface area contributed by atoms with E-state index in [2.05, 4.69) is 66.0 Å². The lowest BCUT2D eigenvalue weighted by atomic mass is 9.78. The lowest BCUT2D eigenvalue weighted by molar-refractivity contribution is -0.248. The Morgan fingerprint density at radius 2 is 1.01 bits per heavy atom. The Kier molecular flexibility index (Phi) is 33.1. The number of Topliss-reactive ketones (excluding diaryl/α,β-unsaturated/α-hetero) is 2. The van der Waals surface area contributed by atoms with Gasteiger partial charge in [-0.3, -0.25) is 24.0 Å². The number of ketones is 2. The van der Waals surface area contributed by atoms with Crippen LogP contribution in [0.2, 0.25) is 0 Å². The van der Waals surface area contributed by atoms with Crippen LogP contribution in [-0.2, 0) is 53.3 Å². The zero-order chi connectivity index (χ0) is 66.4. The number of carbonyl (C=O) groups is 5. The molecule has 0 bridgehead atoms. The summed E-state index contributed by atoms with van der Waals surface area (Å²) in [5, 5.41) is 17.0. The molecule has 16 nitrogen and oxygen atoms in total. The summed E-state index contributed by atoms with van der Waals surface area (Å²) in [4.78, 5) is 68.4. The van der Waals surface area contributed by atoms with E-state index >= 15 is 0 Å². The number of nitrogens with zero attached hydrogens (tertiary/aromatic N) is 1. The van der Waals surface area contributed by atoms with Gasteiger partial charge in [-0.05, 0) is 148 Å². The van der Waals surface area contributed by atoms with E-state index in [0.29, 0.717) is 126 Å². The summed E-state index contributed by atoms with van der Waals surface area (Å²) in [6.45, 7) is 19.8. The minimum absolute atomic E-state index is 0.0112. The molecule has 3 amide bonds. The van der Waals surface area contributed by atoms with Crippen LogP contribution < -0.4 is 20.1 Å². The van der Waals surface area contributed by atoms with Crippen molar-refractivity contribution in [1.29, 1.82) is 0 Å². The smallest absolute Gasteiger partial charge is 0.242 e. The normalized spacial score (nSPS) is 24.4. The number of hydrogen-bond donors (Lipinski definition) is 3. The molecule has 0 aliphatic carbocycles. The van der Waals surface area contributed by atoms with Gasteiger partial charge in [-0.2, -0.15) is 0 Å². The second-order valence-electron chi connectivity index (χ2n) is 26.9. The Labute approximate surface area is 552 Å². The number of ether oxygens (including phenoxy) is 7. The van der Waals surface area contributed by atoms with Crippen molar-refractivity contribution in [2.45, 2.75) is 258 Å². The second kappa shape index (κ2) is 40.2. The molecule has 3 saturated heterocycles. The molecule has 0 radical (unpaired) electrons. The molecule has 10 unspecified atom stereocenters. The van der Waals surface area contributed by atoms with Gasteiger partial charge in [0.05, 0.1) is 45.2 Å². The Balaban J connectivity index is 0.874. The van der Waals surface area contributed by atoms with Crippen molar-refractivity contribution < 1.29 is 62.2 Å². The SMILES string of the molecule is CCC1OC(OCCCCC(=O)CCCCC[C@H](NC(=O)CCCCOC2OC(CC)C(C)C(C)C2C)C(=O)NCCCCCC(=O)CCCCCCC(=O)N2C[C@H](O)C[C@H]2COC(c2ccccc2)(c2ccc(OC)cc2)c2ccc(OC)cc2)C(C)C(C)C1C. The third kappa shape index (κ3) is 23.0. The van der Waals surface area contributed by atoms with E-state index < -0.39 is 17.7 Å². The highest BCUT2D eigenvalue weighted by Gasteiger charge is 2.43. The van der Waals surface area contributed by atoms with Crippen LogP contribution in [0, 0.1) is 35.5 Å². The molecule has 3 aromatic carbocycles. The summed E-state index contributed by atoms with van der Waals surface area (Å²) in [7, 11) is 3.28. The molecule has 13 atom stereocenters. The van der Waals surface area contributed by atoms with Crippen LogP contribution in [0.1, 0.15) is 226 Å². The number of β-amino-alcohol motifs (C(OH)–C–C–N with tert-alkyl or cyclic N) is 1. The molecule has 92 heavy (non-hydrogen) atoms. The molecule has 0 saturated carbocycles. The van der Waals surface area contributed by atoms with Gasteiger partial charge in [-0.15, -0.1) is 0 Å². The molecule has 16 heteroatoms. The third-order valence-electron chi connectivity index (χ3n) is 20.5. The van der Waals surface area contributed by atoms with Crippen LogP contribution in [0.4, 0.5) is 0 Å². The third-order valence-corrected chi connectivity index (χ3v) is 20.5. The van der Waals surface area contributed by atoms with Crippen molar-refractivity contribution in [3.8, 4) is 11.5 Å². The van der Waals surface area contributed by atoms with E-state index in [-0.39, 0.29) is 85.6 Å². The zero-order valence-corrected chi connectivity index (χ0v) is 57.8. The molecular formula is C76H117N3O13. The van der Waals surface area contributed by atoms with Gasteiger partial charge in [0.2, 0.25) is 17.7 Å². The fraction of sp³-hybridized carbons (Fsp3) is 0.697. The van der Waals surface area contributed by atoms with Gasteiger partial charge in [0, 0.05) is 76.7 Å². The van der Waals surface area contributed by atoms with Crippen LogP contribution >= 0.6 is 0 Å². The van der Waals surface area contributed by atoms with E-state index in [0.717, 1.165) is 98.8 Å². The first-order chi connectivity index (χ1) is 44.4. The lowest BCUT2D eigenvalue weighted by Gasteiger charge is -2.43. The Hall–Kier alpha value is -5.23. The Morgan fingerprint density at radius 3 is 1.51 bits per heavy atom. The number of likely N-dealkylation sites (tertiary alicyclic amines) is 1. The van der Waals surface area contributed by atoms with Gasteiger partial charge >= 0.3 is 0 Å². The summed E-state index contributed by atoms with van der Waals surface area (Å²) < 4.78 is 43.1. The van der Waals surface area contributed by atoms with Gasteiger partial charge in [0.25, 0.3) is 0 Å². The Bertz CT molecular complexity index is 2570. The molecule has 3 aliphatic heterocycles. The largest absolute Gasteiger partial charge is 0.497 e. The van der Waals surface area contributed by atoms with Crippen LogP contribution in [0.3, 0.4) is 0 Å². The van der Waals surface area contributed by atoms with Crippen LogP contribution in [-0.4, -0.2) is 129 Å². The molecule has 3 aliphatic rings. The maximum absolute atomic E-state index is 13.8. The van der Waals surface area contributed by atoms with Crippen molar-refractivity contribution in [2.24, 2.45) is 35.5 Å². The molecule has 0 aromatic heterocycles. The van der Waals surface area contributed by atoms with Gasteiger partial charge < -0.3 is 53.8 Å². The summed E-state index contributed by atoms with van der Waals surface area (Å²) >= 11 is 0. The van der Waals surface area contributed by atoms with E-state index in [4.69, 9.17) is 33.2 Å².